The van der Waals surface area contributed by atoms with Crippen LogP contribution in [0.2, 0.25) is 0 Å². The molecule has 20 heavy (non-hydrogen) atoms. The molecule has 0 radical (unpaired) electrons. The zero-order valence-electron chi connectivity index (χ0n) is 11.0. The highest BCUT2D eigenvalue weighted by atomic mass is 32.2. The molecule has 2 saturated heterocycles. The normalized spacial score (nSPS) is 26.9. The average molecular weight is 292 g/mol. The summed E-state index contributed by atoms with van der Waals surface area (Å²) in [7, 11) is -3.64. The van der Waals surface area contributed by atoms with Gasteiger partial charge in [0, 0.05) is 31.4 Å². The van der Waals surface area contributed by atoms with Crippen molar-refractivity contribution in [2.24, 2.45) is 0 Å². The Labute approximate surface area is 118 Å². The van der Waals surface area contributed by atoms with E-state index < -0.39 is 10.0 Å². The van der Waals surface area contributed by atoms with Crippen molar-refractivity contribution < 1.29 is 8.42 Å². The molecule has 1 N–H and O–H groups in total. The van der Waals surface area contributed by atoms with Crippen molar-refractivity contribution >= 4 is 10.0 Å². The number of fused-ring (bicyclic) bond motifs is 2. The summed E-state index contributed by atoms with van der Waals surface area (Å²) < 4.78 is 26.9. The summed E-state index contributed by atoms with van der Waals surface area (Å²) in [5, 5.41) is 12.5. The Morgan fingerprint density at radius 3 is 2.95 bits per heavy atom. The number of sulfonamides is 1. The van der Waals surface area contributed by atoms with Crippen molar-refractivity contribution in [3.63, 3.8) is 0 Å². The molecular formula is C13H16N4O2S. The Morgan fingerprint density at radius 1 is 1.35 bits per heavy atom. The first-order chi connectivity index (χ1) is 9.61. The average Bonchev–Trinajstić information content (AvgIpc) is 2.77. The van der Waals surface area contributed by atoms with Gasteiger partial charge in [0.25, 0.3) is 0 Å². The second kappa shape index (κ2) is 5.13. The van der Waals surface area contributed by atoms with E-state index in [0.29, 0.717) is 19.1 Å². The van der Waals surface area contributed by atoms with Gasteiger partial charge < -0.3 is 5.32 Å². The molecular weight excluding hydrogens is 276 g/mol. The molecule has 0 amide bonds. The van der Waals surface area contributed by atoms with Gasteiger partial charge in [0.05, 0.1) is 0 Å². The number of pyridine rings is 1. The Bertz CT molecular complexity index is 653. The fourth-order valence-electron chi connectivity index (χ4n) is 2.95. The van der Waals surface area contributed by atoms with E-state index >= 15 is 0 Å². The van der Waals surface area contributed by atoms with E-state index in [4.69, 9.17) is 5.26 Å². The fourth-order valence-corrected chi connectivity index (χ4v) is 4.54. The lowest BCUT2D eigenvalue weighted by molar-refractivity contribution is 0.383. The molecule has 106 valence electrons. The molecule has 2 aliphatic heterocycles. The van der Waals surface area contributed by atoms with E-state index in [1.165, 1.54) is 16.6 Å². The van der Waals surface area contributed by atoms with Crippen LogP contribution >= 0.6 is 0 Å². The van der Waals surface area contributed by atoms with E-state index in [1.807, 2.05) is 6.07 Å². The van der Waals surface area contributed by atoms with Crippen LogP contribution in [0.1, 0.15) is 25.0 Å². The molecule has 1 aromatic heterocycles. The van der Waals surface area contributed by atoms with Gasteiger partial charge in [-0.1, -0.05) is 0 Å². The van der Waals surface area contributed by atoms with Crippen LogP contribution in [0.15, 0.2) is 23.2 Å². The van der Waals surface area contributed by atoms with Crippen molar-refractivity contribution in [2.45, 2.75) is 36.2 Å². The van der Waals surface area contributed by atoms with Gasteiger partial charge in [0.1, 0.15) is 11.0 Å². The molecule has 2 atom stereocenters. The lowest BCUT2D eigenvalue weighted by atomic mass is 10.1. The Balaban J connectivity index is 1.94. The molecule has 0 aromatic carbocycles. The largest absolute Gasteiger partial charge is 0.310 e. The highest BCUT2D eigenvalue weighted by Crippen LogP contribution is 2.25. The highest BCUT2D eigenvalue weighted by Gasteiger charge is 2.35. The lowest BCUT2D eigenvalue weighted by Gasteiger charge is -2.23. The summed E-state index contributed by atoms with van der Waals surface area (Å²) in [4.78, 5) is 3.86. The molecule has 3 heterocycles. The number of hydrogen-bond donors (Lipinski definition) is 1. The van der Waals surface area contributed by atoms with Crippen molar-refractivity contribution in [2.75, 3.05) is 13.1 Å². The van der Waals surface area contributed by atoms with E-state index in [9.17, 15) is 8.42 Å². The summed E-state index contributed by atoms with van der Waals surface area (Å²) in [6.45, 7) is 0.967. The first-order valence-electron chi connectivity index (χ1n) is 6.72. The van der Waals surface area contributed by atoms with Crippen molar-refractivity contribution in [1.29, 1.82) is 5.26 Å². The third kappa shape index (κ3) is 2.30. The summed E-state index contributed by atoms with van der Waals surface area (Å²) in [5.74, 6) is 0. The molecule has 2 aliphatic rings. The van der Waals surface area contributed by atoms with Crippen molar-refractivity contribution in [3.05, 3.63) is 24.0 Å². The van der Waals surface area contributed by atoms with Crippen LogP contribution in [0.25, 0.3) is 0 Å². The third-order valence-electron chi connectivity index (χ3n) is 3.98. The summed E-state index contributed by atoms with van der Waals surface area (Å²) >= 11 is 0. The number of aromatic nitrogens is 1. The van der Waals surface area contributed by atoms with Crippen LogP contribution in [0.5, 0.6) is 0 Å². The Kier molecular flexibility index (Phi) is 3.46. The van der Waals surface area contributed by atoms with Crippen LogP contribution in [-0.2, 0) is 10.0 Å². The molecule has 0 spiro atoms. The molecule has 0 saturated carbocycles. The zero-order chi connectivity index (χ0) is 14.2. The van der Waals surface area contributed by atoms with Crippen LogP contribution in [0.4, 0.5) is 0 Å². The first kappa shape index (κ1) is 13.5. The molecule has 6 nitrogen and oxygen atoms in total. The van der Waals surface area contributed by atoms with Crippen molar-refractivity contribution in [1.82, 2.24) is 14.6 Å². The number of nitrogens with one attached hydrogen (secondary N) is 1. The van der Waals surface area contributed by atoms with Crippen LogP contribution in [-0.4, -0.2) is 42.9 Å². The fraction of sp³-hybridized carbons (Fsp3) is 0.538. The van der Waals surface area contributed by atoms with Crippen LogP contribution in [0, 0.1) is 11.3 Å². The van der Waals surface area contributed by atoms with Gasteiger partial charge in [0.15, 0.2) is 5.69 Å². The first-order valence-corrected chi connectivity index (χ1v) is 8.16. The number of nitrogens with zero attached hydrogens (tertiary/aromatic N) is 3. The van der Waals surface area contributed by atoms with Gasteiger partial charge in [-0.15, -0.1) is 0 Å². The predicted octanol–water partition coefficient (Wildman–Crippen LogP) is 0.468. The van der Waals surface area contributed by atoms with E-state index in [2.05, 4.69) is 10.3 Å². The Morgan fingerprint density at radius 2 is 2.15 bits per heavy atom. The predicted molar refractivity (Wildman–Crippen MR) is 72.3 cm³/mol. The molecule has 2 unspecified atom stereocenters. The molecule has 1 aromatic rings. The van der Waals surface area contributed by atoms with Gasteiger partial charge in [-0.2, -0.15) is 9.57 Å². The minimum absolute atomic E-state index is 0.0141. The van der Waals surface area contributed by atoms with Gasteiger partial charge in [-0.25, -0.2) is 13.4 Å². The minimum atomic E-state index is -3.64. The molecule has 0 aliphatic carbocycles. The molecule has 7 heteroatoms. The maximum absolute atomic E-state index is 12.7. The van der Waals surface area contributed by atoms with Crippen LogP contribution in [0.3, 0.4) is 0 Å². The summed E-state index contributed by atoms with van der Waals surface area (Å²) in [6.07, 6.45) is 4.38. The van der Waals surface area contributed by atoms with Gasteiger partial charge in [-0.3, -0.25) is 0 Å². The SMILES string of the molecule is N#Cc1ncccc1S(=O)(=O)N1CCC2CCC(C1)N2. The number of hydrogen-bond acceptors (Lipinski definition) is 5. The lowest BCUT2D eigenvalue weighted by Crippen LogP contribution is -2.39. The van der Waals surface area contributed by atoms with Gasteiger partial charge in [-0.05, 0) is 31.4 Å². The summed E-state index contributed by atoms with van der Waals surface area (Å²) in [6, 6.07) is 5.51. The van der Waals surface area contributed by atoms with E-state index in [0.717, 1.165) is 19.3 Å². The summed E-state index contributed by atoms with van der Waals surface area (Å²) in [5.41, 5.74) is -0.0325. The maximum Gasteiger partial charge on any atom is 0.246 e. The molecule has 2 fully saturated rings. The quantitative estimate of drug-likeness (QED) is 0.856. The smallest absolute Gasteiger partial charge is 0.246 e. The van der Waals surface area contributed by atoms with E-state index in [-0.39, 0.29) is 16.6 Å². The zero-order valence-corrected chi connectivity index (χ0v) is 11.8. The minimum Gasteiger partial charge on any atom is -0.310 e. The molecule has 3 rings (SSSR count). The van der Waals surface area contributed by atoms with Crippen LogP contribution < -0.4 is 5.32 Å². The van der Waals surface area contributed by atoms with Gasteiger partial charge >= 0.3 is 0 Å². The van der Waals surface area contributed by atoms with E-state index in [1.54, 1.807) is 6.07 Å². The second-order valence-electron chi connectivity index (χ2n) is 5.25. The second-order valence-corrected chi connectivity index (χ2v) is 7.16. The third-order valence-corrected chi connectivity index (χ3v) is 5.88. The monoisotopic (exact) mass is 292 g/mol. The van der Waals surface area contributed by atoms with Crippen molar-refractivity contribution in [3.8, 4) is 6.07 Å². The standard InChI is InChI=1S/C13H16N4O2S/c14-8-12-13(2-1-6-15-12)20(18,19)17-7-5-10-3-4-11(9-17)16-10/h1-2,6,10-11,16H,3-5,7,9H2. The maximum atomic E-state index is 12.7. The molecule has 2 bridgehead atoms. The van der Waals surface area contributed by atoms with Gasteiger partial charge in [0.2, 0.25) is 10.0 Å². The highest BCUT2D eigenvalue weighted by molar-refractivity contribution is 7.89. The number of nitriles is 1. The number of rotatable bonds is 2. The topological polar surface area (TPSA) is 86.1 Å². The Hall–Kier alpha value is -1.49.